The molecule has 0 unspecified atom stereocenters. The van der Waals surface area contributed by atoms with E-state index in [9.17, 15) is 4.79 Å². The zero-order chi connectivity index (χ0) is 9.97. The third-order valence-electron chi connectivity index (χ3n) is 2.21. The quantitative estimate of drug-likeness (QED) is 0.690. The number of imidazole rings is 1. The lowest BCUT2D eigenvalue weighted by molar-refractivity contribution is -0.143. The second kappa shape index (κ2) is 3.79. The van der Waals surface area contributed by atoms with Gasteiger partial charge in [-0.2, -0.15) is 0 Å². The van der Waals surface area contributed by atoms with Crippen LogP contribution in [0.5, 0.6) is 0 Å². The van der Waals surface area contributed by atoms with E-state index in [-0.39, 0.29) is 18.1 Å². The van der Waals surface area contributed by atoms with E-state index in [2.05, 4.69) is 15.3 Å². The summed E-state index contributed by atoms with van der Waals surface area (Å²) >= 11 is 0. The zero-order valence-electron chi connectivity index (χ0n) is 7.99. The largest absolute Gasteiger partial charge is 0.363 e. The minimum atomic E-state index is -0.390. The fourth-order valence-corrected chi connectivity index (χ4v) is 1.49. The number of hydrogen-bond donors (Lipinski definition) is 2. The van der Waals surface area contributed by atoms with Crippen LogP contribution in [0.25, 0.3) is 0 Å². The molecule has 1 fully saturated rings. The Kier molecular flexibility index (Phi) is 2.49. The van der Waals surface area contributed by atoms with Gasteiger partial charge in [0.25, 0.3) is 0 Å². The van der Waals surface area contributed by atoms with Crippen LogP contribution in [0.4, 0.5) is 0 Å². The Morgan fingerprint density at radius 2 is 2.57 bits per heavy atom. The number of nitrogens with zero attached hydrogens (tertiary/aromatic N) is 1. The molecule has 0 radical (unpaired) electrons. The molecule has 0 aromatic carbocycles. The molecule has 0 bridgehead atoms. The third-order valence-corrected chi connectivity index (χ3v) is 2.21. The average Bonchev–Trinajstić information content (AvgIpc) is 2.64. The van der Waals surface area contributed by atoms with E-state index in [4.69, 9.17) is 4.74 Å². The van der Waals surface area contributed by atoms with Crippen LogP contribution < -0.4 is 5.32 Å². The standard InChI is InChI=1S/C9H13N3O2/c1-6-3-11-9(13)8(14-6)2-7-4-10-5-12-7/h4-6,8H,2-3H2,1H3,(H,10,12)(H,11,13)/t6-,8+/m1/s1. The summed E-state index contributed by atoms with van der Waals surface area (Å²) < 4.78 is 5.51. The Morgan fingerprint density at radius 1 is 1.71 bits per heavy atom. The first-order chi connectivity index (χ1) is 6.75. The van der Waals surface area contributed by atoms with E-state index in [1.807, 2.05) is 6.92 Å². The van der Waals surface area contributed by atoms with Gasteiger partial charge in [0.15, 0.2) is 0 Å². The lowest BCUT2D eigenvalue weighted by atomic mass is 10.1. The maximum atomic E-state index is 11.4. The Hall–Kier alpha value is -1.36. The summed E-state index contributed by atoms with van der Waals surface area (Å²) in [6.07, 6.45) is 3.55. The Bertz CT molecular complexity index is 310. The van der Waals surface area contributed by atoms with Gasteiger partial charge < -0.3 is 15.0 Å². The van der Waals surface area contributed by atoms with E-state index in [0.717, 1.165) is 5.69 Å². The first-order valence-corrected chi connectivity index (χ1v) is 4.66. The first-order valence-electron chi connectivity index (χ1n) is 4.66. The summed E-state index contributed by atoms with van der Waals surface area (Å²) in [6.45, 7) is 2.54. The van der Waals surface area contributed by atoms with Crippen molar-refractivity contribution in [2.24, 2.45) is 0 Å². The van der Waals surface area contributed by atoms with Crippen molar-refractivity contribution in [2.75, 3.05) is 6.54 Å². The molecule has 1 aliphatic heterocycles. The molecule has 2 rings (SSSR count). The van der Waals surface area contributed by atoms with Crippen LogP contribution >= 0.6 is 0 Å². The van der Waals surface area contributed by atoms with E-state index >= 15 is 0 Å². The number of nitrogens with one attached hydrogen (secondary N) is 2. The maximum Gasteiger partial charge on any atom is 0.249 e. The minimum Gasteiger partial charge on any atom is -0.363 e. The third kappa shape index (κ3) is 1.93. The molecule has 2 N–H and O–H groups in total. The molecular weight excluding hydrogens is 182 g/mol. The van der Waals surface area contributed by atoms with E-state index in [0.29, 0.717) is 13.0 Å². The summed E-state index contributed by atoms with van der Waals surface area (Å²) in [6, 6.07) is 0. The molecule has 14 heavy (non-hydrogen) atoms. The highest BCUT2D eigenvalue weighted by Gasteiger charge is 2.27. The summed E-state index contributed by atoms with van der Waals surface area (Å²) in [7, 11) is 0. The number of aromatic nitrogens is 2. The molecule has 1 aromatic rings. The van der Waals surface area contributed by atoms with Crippen molar-refractivity contribution < 1.29 is 9.53 Å². The fourth-order valence-electron chi connectivity index (χ4n) is 1.49. The lowest BCUT2D eigenvalue weighted by Crippen LogP contribution is -2.49. The second-order valence-electron chi connectivity index (χ2n) is 3.46. The molecule has 0 spiro atoms. The smallest absolute Gasteiger partial charge is 0.249 e. The van der Waals surface area contributed by atoms with Crippen molar-refractivity contribution >= 4 is 5.91 Å². The van der Waals surface area contributed by atoms with Crippen LogP contribution in [-0.2, 0) is 16.0 Å². The highest BCUT2D eigenvalue weighted by molar-refractivity contribution is 5.81. The molecule has 76 valence electrons. The van der Waals surface area contributed by atoms with E-state index in [1.165, 1.54) is 0 Å². The van der Waals surface area contributed by atoms with Crippen LogP contribution in [0.1, 0.15) is 12.6 Å². The molecule has 5 nitrogen and oxygen atoms in total. The van der Waals surface area contributed by atoms with Gasteiger partial charge in [-0.15, -0.1) is 0 Å². The zero-order valence-corrected chi connectivity index (χ0v) is 7.99. The van der Waals surface area contributed by atoms with Crippen LogP contribution in [0.15, 0.2) is 12.5 Å². The van der Waals surface area contributed by atoms with Crippen LogP contribution in [-0.4, -0.2) is 34.6 Å². The number of carbonyl (C=O) groups excluding carboxylic acids is 1. The summed E-state index contributed by atoms with van der Waals surface area (Å²) in [5, 5.41) is 2.80. The Balaban J connectivity index is 1.99. The Morgan fingerprint density at radius 3 is 3.29 bits per heavy atom. The van der Waals surface area contributed by atoms with Crippen molar-refractivity contribution in [3.8, 4) is 0 Å². The highest BCUT2D eigenvalue weighted by Crippen LogP contribution is 2.09. The van der Waals surface area contributed by atoms with Crippen molar-refractivity contribution in [3.63, 3.8) is 0 Å². The summed E-state index contributed by atoms with van der Waals surface area (Å²) in [5.74, 6) is -0.0438. The minimum absolute atomic E-state index is 0.0438. The predicted molar refractivity (Wildman–Crippen MR) is 49.6 cm³/mol. The molecule has 0 saturated carbocycles. The molecule has 1 aliphatic rings. The van der Waals surface area contributed by atoms with Gasteiger partial charge >= 0.3 is 0 Å². The molecule has 0 aliphatic carbocycles. The van der Waals surface area contributed by atoms with Gasteiger partial charge in [0, 0.05) is 24.9 Å². The molecule has 1 aromatic heterocycles. The number of rotatable bonds is 2. The second-order valence-corrected chi connectivity index (χ2v) is 3.46. The van der Waals surface area contributed by atoms with Crippen molar-refractivity contribution in [1.29, 1.82) is 0 Å². The number of amides is 1. The lowest BCUT2D eigenvalue weighted by Gasteiger charge is -2.27. The summed E-state index contributed by atoms with van der Waals surface area (Å²) in [5.41, 5.74) is 0.916. The SMILES string of the molecule is C[C@@H]1CNC(=O)[C@H](Cc2cnc[nH]2)O1. The topological polar surface area (TPSA) is 67.0 Å². The van der Waals surface area contributed by atoms with Crippen LogP contribution in [0, 0.1) is 0 Å². The molecule has 2 heterocycles. The van der Waals surface area contributed by atoms with Crippen LogP contribution in [0.3, 0.4) is 0 Å². The maximum absolute atomic E-state index is 11.4. The molecule has 1 saturated heterocycles. The number of morpholine rings is 1. The van der Waals surface area contributed by atoms with Crippen molar-refractivity contribution in [2.45, 2.75) is 25.6 Å². The van der Waals surface area contributed by atoms with Gasteiger partial charge in [0.2, 0.25) is 5.91 Å². The van der Waals surface area contributed by atoms with Gasteiger partial charge in [-0.25, -0.2) is 4.98 Å². The normalized spacial score (nSPS) is 27.4. The highest BCUT2D eigenvalue weighted by atomic mass is 16.5. The van der Waals surface area contributed by atoms with E-state index < -0.39 is 0 Å². The molecule has 5 heteroatoms. The number of hydrogen-bond acceptors (Lipinski definition) is 3. The van der Waals surface area contributed by atoms with Gasteiger partial charge in [-0.05, 0) is 6.92 Å². The van der Waals surface area contributed by atoms with Crippen molar-refractivity contribution in [3.05, 3.63) is 18.2 Å². The Labute approximate surface area is 81.9 Å². The van der Waals surface area contributed by atoms with Gasteiger partial charge in [0.05, 0.1) is 12.4 Å². The number of ether oxygens (including phenoxy) is 1. The summed E-state index contributed by atoms with van der Waals surface area (Å²) in [4.78, 5) is 18.2. The van der Waals surface area contributed by atoms with Gasteiger partial charge in [-0.1, -0.05) is 0 Å². The molecular formula is C9H13N3O2. The van der Waals surface area contributed by atoms with Crippen LogP contribution in [0.2, 0.25) is 0 Å². The first kappa shape index (κ1) is 9.21. The molecule has 1 amide bonds. The predicted octanol–water partition coefficient (Wildman–Crippen LogP) is -0.144. The van der Waals surface area contributed by atoms with Crippen molar-refractivity contribution in [1.82, 2.24) is 15.3 Å². The van der Waals surface area contributed by atoms with E-state index in [1.54, 1.807) is 12.5 Å². The average molecular weight is 195 g/mol. The van der Waals surface area contributed by atoms with Gasteiger partial charge in [-0.3, -0.25) is 4.79 Å². The monoisotopic (exact) mass is 195 g/mol. The van der Waals surface area contributed by atoms with Gasteiger partial charge in [0.1, 0.15) is 6.10 Å². The number of carbonyl (C=O) groups is 1. The number of H-pyrrole nitrogens is 1. The number of aromatic amines is 1. The molecule has 2 atom stereocenters. The fraction of sp³-hybridized carbons (Fsp3) is 0.556.